The SMILES string of the molecule is CN(C)CCN(C(=O)c1cccc(C(F)(F)F)c1)c1nc2cc3c(cc2s1)OCO3.Cl. The Labute approximate surface area is 186 Å². The average molecular weight is 474 g/mol. The van der Waals surface area contributed by atoms with Gasteiger partial charge in [0.25, 0.3) is 5.91 Å². The maximum Gasteiger partial charge on any atom is 0.416 e. The van der Waals surface area contributed by atoms with Gasteiger partial charge in [0.15, 0.2) is 16.6 Å². The zero-order chi connectivity index (χ0) is 21.5. The number of fused-ring (bicyclic) bond motifs is 2. The summed E-state index contributed by atoms with van der Waals surface area (Å²) < 4.78 is 50.8. The highest BCUT2D eigenvalue weighted by Gasteiger charge is 2.32. The van der Waals surface area contributed by atoms with E-state index in [1.54, 1.807) is 12.1 Å². The Kier molecular flexibility index (Phi) is 6.63. The second kappa shape index (κ2) is 8.89. The molecule has 0 atom stereocenters. The van der Waals surface area contributed by atoms with E-state index in [1.807, 2.05) is 19.0 Å². The fourth-order valence-corrected chi connectivity index (χ4v) is 3.99. The van der Waals surface area contributed by atoms with Gasteiger partial charge in [-0.15, -0.1) is 12.4 Å². The molecule has 0 N–H and O–H groups in total. The number of hydrogen-bond acceptors (Lipinski definition) is 6. The minimum absolute atomic E-state index is 0. The minimum Gasteiger partial charge on any atom is -0.454 e. The number of benzene rings is 2. The van der Waals surface area contributed by atoms with Crippen LogP contribution in [0.25, 0.3) is 10.2 Å². The van der Waals surface area contributed by atoms with Crippen LogP contribution >= 0.6 is 23.7 Å². The fraction of sp³-hybridized carbons (Fsp3) is 0.300. The first-order valence-corrected chi connectivity index (χ1v) is 9.88. The van der Waals surface area contributed by atoms with E-state index in [9.17, 15) is 18.0 Å². The number of ether oxygens (including phenoxy) is 2. The van der Waals surface area contributed by atoms with E-state index in [4.69, 9.17) is 9.47 Å². The molecule has 4 rings (SSSR count). The van der Waals surface area contributed by atoms with Gasteiger partial charge in [-0.2, -0.15) is 13.2 Å². The molecule has 0 unspecified atom stereocenters. The lowest BCUT2D eigenvalue weighted by molar-refractivity contribution is -0.137. The number of halogens is 4. The van der Waals surface area contributed by atoms with Crippen molar-refractivity contribution in [3.05, 3.63) is 47.5 Å². The van der Waals surface area contributed by atoms with E-state index in [-0.39, 0.29) is 31.3 Å². The Morgan fingerprint density at radius 3 is 2.52 bits per heavy atom. The first-order valence-electron chi connectivity index (χ1n) is 9.06. The average Bonchev–Trinajstić information content (AvgIpc) is 3.31. The molecule has 31 heavy (non-hydrogen) atoms. The predicted octanol–water partition coefficient (Wildman–Crippen LogP) is 4.67. The molecule has 6 nitrogen and oxygen atoms in total. The summed E-state index contributed by atoms with van der Waals surface area (Å²) in [6.45, 7) is 0.931. The molecule has 1 aromatic heterocycles. The van der Waals surface area contributed by atoms with Crippen molar-refractivity contribution in [3.8, 4) is 11.5 Å². The van der Waals surface area contributed by atoms with Crippen molar-refractivity contribution in [2.75, 3.05) is 38.9 Å². The highest BCUT2D eigenvalue weighted by molar-refractivity contribution is 7.22. The number of likely N-dealkylation sites (N-methyl/N-ethyl adjacent to an activating group) is 1. The molecule has 1 aliphatic heterocycles. The second-order valence-corrected chi connectivity index (χ2v) is 8.02. The number of nitrogens with zero attached hydrogens (tertiary/aromatic N) is 3. The van der Waals surface area contributed by atoms with Crippen LogP contribution < -0.4 is 14.4 Å². The van der Waals surface area contributed by atoms with Gasteiger partial charge in [0, 0.05) is 30.8 Å². The first kappa shape index (κ1) is 23.1. The molecule has 2 aromatic carbocycles. The van der Waals surface area contributed by atoms with Crippen molar-refractivity contribution < 1.29 is 27.4 Å². The summed E-state index contributed by atoms with van der Waals surface area (Å²) in [5, 5.41) is 0.401. The zero-order valence-corrected chi connectivity index (χ0v) is 18.2. The molecule has 1 amide bonds. The first-order chi connectivity index (χ1) is 14.2. The number of aromatic nitrogens is 1. The number of rotatable bonds is 5. The van der Waals surface area contributed by atoms with Gasteiger partial charge in [-0.25, -0.2) is 4.98 Å². The van der Waals surface area contributed by atoms with E-state index in [0.717, 1.165) is 16.8 Å². The highest BCUT2D eigenvalue weighted by Crippen LogP contribution is 2.40. The number of amides is 1. The second-order valence-electron chi connectivity index (χ2n) is 7.01. The lowest BCUT2D eigenvalue weighted by atomic mass is 10.1. The molecule has 166 valence electrons. The van der Waals surface area contributed by atoms with Crippen LogP contribution in [0.3, 0.4) is 0 Å². The van der Waals surface area contributed by atoms with Crippen molar-refractivity contribution in [2.45, 2.75) is 6.18 Å². The maximum atomic E-state index is 13.2. The van der Waals surface area contributed by atoms with Crippen LogP contribution in [0.15, 0.2) is 36.4 Å². The van der Waals surface area contributed by atoms with Gasteiger partial charge >= 0.3 is 6.18 Å². The van der Waals surface area contributed by atoms with Crippen LogP contribution in [0.5, 0.6) is 11.5 Å². The third-order valence-electron chi connectivity index (χ3n) is 4.56. The Morgan fingerprint density at radius 1 is 1.13 bits per heavy atom. The normalized spacial score (nSPS) is 12.8. The number of alkyl halides is 3. The Balaban J connectivity index is 0.00000272. The lowest BCUT2D eigenvalue weighted by Crippen LogP contribution is -2.36. The van der Waals surface area contributed by atoms with Gasteiger partial charge in [-0.05, 0) is 32.3 Å². The van der Waals surface area contributed by atoms with Crippen molar-refractivity contribution in [2.24, 2.45) is 0 Å². The molecule has 2 heterocycles. The molecule has 0 radical (unpaired) electrons. The molecule has 0 saturated carbocycles. The zero-order valence-electron chi connectivity index (χ0n) is 16.6. The molecular formula is C20H19ClF3N3O3S. The summed E-state index contributed by atoms with van der Waals surface area (Å²) in [5.74, 6) is 0.632. The Hall–Kier alpha value is -2.56. The summed E-state index contributed by atoms with van der Waals surface area (Å²) >= 11 is 1.27. The van der Waals surface area contributed by atoms with Gasteiger partial charge in [-0.1, -0.05) is 17.4 Å². The van der Waals surface area contributed by atoms with Crippen LogP contribution in [0.4, 0.5) is 18.3 Å². The number of anilines is 1. The van der Waals surface area contributed by atoms with E-state index >= 15 is 0 Å². The summed E-state index contributed by atoms with van der Waals surface area (Å²) in [4.78, 5) is 21.0. The summed E-state index contributed by atoms with van der Waals surface area (Å²) in [5.41, 5.74) is -0.279. The summed E-state index contributed by atoms with van der Waals surface area (Å²) in [6, 6.07) is 7.95. The topological polar surface area (TPSA) is 54.9 Å². The van der Waals surface area contributed by atoms with Crippen LogP contribution in [-0.2, 0) is 6.18 Å². The smallest absolute Gasteiger partial charge is 0.416 e. The van der Waals surface area contributed by atoms with Gasteiger partial charge in [-0.3, -0.25) is 9.69 Å². The number of carbonyl (C=O) groups excluding carboxylic acids is 1. The van der Waals surface area contributed by atoms with Crippen molar-refractivity contribution in [1.82, 2.24) is 9.88 Å². The molecule has 1 aliphatic rings. The third kappa shape index (κ3) is 4.86. The van der Waals surface area contributed by atoms with Gasteiger partial charge < -0.3 is 14.4 Å². The van der Waals surface area contributed by atoms with Gasteiger partial charge in [0.2, 0.25) is 6.79 Å². The molecule has 3 aromatic rings. The Bertz CT molecular complexity index is 1060. The summed E-state index contributed by atoms with van der Waals surface area (Å²) in [7, 11) is 3.70. The van der Waals surface area contributed by atoms with E-state index in [0.29, 0.717) is 28.7 Å². The highest BCUT2D eigenvalue weighted by atomic mass is 35.5. The monoisotopic (exact) mass is 473 g/mol. The van der Waals surface area contributed by atoms with Crippen LogP contribution in [0.2, 0.25) is 0 Å². The van der Waals surface area contributed by atoms with Gasteiger partial charge in [0.05, 0.1) is 15.8 Å². The Morgan fingerprint density at radius 2 is 1.84 bits per heavy atom. The minimum atomic E-state index is -4.53. The van der Waals surface area contributed by atoms with Gasteiger partial charge in [0.1, 0.15) is 0 Å². The largest absolute Gasteiger partial charge is 0.454 e. The number of thiazole rings is 1. The lowest BCUT2D eigenvalue weighted by Gasteiger charge is -2.22. The van der Waals surface area contributed by atoms with Crippen molar-refractivity contribution >= 4 is 45.0 Å². The van der Waals surface area contributed by atoms with E-state index < -0.39 is 17.6 Å². The van der Waals surface area contributed by atoms with E-state index in [2.05, 4.69) is 4.98 Å². The van der Waals surface area contributed by atoms with Crippen LogP contribution in [-0.4, -0.2) is 49.8 Å². The predicted molar refractivity (Wildman–Crippen MR) is 115 cm³/mol. The molecule has 0 fully saturated rings. The van der Waals surface area contributed by atoms with Crippen molar-refractivity contribution in [3.63, 3.8) is 0 Å². The number of hydrogen-bond donors (Lipinski definition) is 0. The fourth-order valence-electron chi connectivity index (χ4n) is 2.99. The molecule has 0 aliphatic carbocycles. The third-order valence-corrected chi connectivity index (χ3v) is 5.60. The number of carbonyl (C=O) groups is 1. The molecule has 11 heteroatoms. The molecule has 0 bridgehead atoms. The molecular weight excluding hydrogens is 455 g/mol. The van der Waals surface area contributed by atoms with Crippen LogP contribution in [0.1, 0.15) is 15.9 Å². The molecule has 0 saturated heterocycles. The molecule has 0 spiro atoms. The maximum absolute atomic E-state index is 13.2. The standard InChI is InChI=1S/C20H18F3N3O3S.ClH/c1-25(2)6-7-26(18(27)12-4-3-5-13(8-12)20(21,22)23)19-24-14-9-15-16(29-11-28-15)10-17(14)30-19;/h3-5,8-10H,6-7,11H2,1-2H3;1H. The van der Waals surface area contributed by atoms with Crippen molar-refractivity contribution in [1.29, 1.82) is 0 Å². The quantitative estimate of drug-likeness (QED) is 0.539. The summed E-state index contributed by atoms with van der Waals surface area (Å²) in [6.07, 6.45) is -4.53. The van der Waals surface area contributed by atoms with E-state index in [1.165, 1.54) is 28.4 Å². The van der Waals surface area contributed by atoms with Crippen LogP contribution in [0, 0.1) is 0 Å².